The van der Waals surface area contributed by atoms with E-state index in [1.165, 1.54) is 6.20 Å². The van der Waals surface area contributed by atoms with Crippen molar-refractivity contribution in [3.63, 3.8) is 0 Å². The van der Waals surface area contributed by atoms with Crippen LogP contribution in [0.3, 0.4) is 0 Å². The van der Waals surface area contributed by atoms with Gasteiger partial charge in [0, 0.05) is 30.4 Å². The van der Waals surface area contributed by atoms with Crippen molar-refractivity contribution in [3.8, 4) is 11.1 Å². The highest BCUT2D eigenvalue weighted by molar-refractivity contribution is 6.01. The summed E-state index contributed by atoms with van der Waals surface area (Å²) in [5.41, 5.74) is 14.9. The van der Waals surface area contributed by atoms with Gasteiger partial charge in [-0.25, -0.2) is 4.52 Å². The molecule has 0 aliphatic carbocycles. The van der Waals surface area contributed by atoms with Crippen molar-refractivity contribution in [2.24, 2.45) is 5.73 Å². The monoisotopic (exact) mass is 365 g/mol. The summed E-state index contributed by atoms with van der Waals surface area (Å²) in [7, 11) is 0. The normalized spacial score (nSPS) is 14.4. The van der Waals surface area contributed by atoms with Crippen molar-refractivity contribution in [2.45, 2.75) is 0 Å². The smallest absolute Gasteiger partial charge is 0.254 e. The third kappa shape index (κ3) is 3.11. The van der Waals surface area contributed by atoms with Crippen LogP contribution in [0.4, 0.5) is 5.69 Å². The van der Waals surface area contributed by atoms with E-state index in [1.54, 1.807) is 21.5 Å². The predicted octanol–water partition coefficient (Wildman–Crippen LogP) is 1.15. The molecular weight excluding hydrogens is 346 g/mol. The van der Waals surface area contributed by atoms with Gasteiger partial charge in [0.1, 0.15) is 0 Å². The van der Waals surface area contributed by atoms with Crippen LogP contribution in [-0.2, 0) is 4.74 Å². The van der Waals surface area contributed by atoms with Gasteiger partial charge in [-0.2, -0.15) is 5.10 Å². The second kappa shape index (κ2) is 6.73. The van der Waals surface area contributed by atoms with Gasteiger partial charge in [0.2, 0.25) is 0 Å². The number of hydrogen-bond acceptors (Lipinski definition) is 5. The van der Waals surface area contributed by atoms with Gasteiger partial charge in [-0.1, -0.05) is 12.1 Å². The molecule has 1 aliphatic rings. The first kappa shape index (κ1) is 17.0. The zero-order chi connectivity index (χ0) is 19.0. The van der Waals surface area contributed by atoms with Crippen molar-refractivity contribution < 1.29 is 14.3 Å². The molecule has 2 aromatic heterocycles. The number of morpholine rings is 1. The highest BCUT2D eigenvalue weighted by atomic mass is 16.5. The summed E-state index contributed by atoms with van der Waals surface area (Å²) in [4.78, 5) is 25.7. The summed E-state index contributed by atoms with van der Waals surface area (Å²) in [5.74, 6) is -0.611. The highest BCUT2D eigenvalue weighted by Crippen LogP contribution is 2.27. The maximum atomic E-state index is 12.5. The Morgan fingerprint density at radius 2 is 1.78 bits per heavy atom. The van der Waals surface area contributed by atoms with Gasteiger partial charge in [-0.15, -0.1) is 0 Å². The molecule has 3 heterocycles. The number of ether oxygens (including phenoxy) is 1. The molecule has 0 radical (unpaired) electrons. The lowest BCUT2D eigenvalue weighted by atomic mass is 10.1. The fraction of sp³-hybridized carbons (Fsp3) is 0.211. The first-order valence-corrected chi connectivity index (χ1v) is 8.59. The van der Waals surface area contributed by atoms with Crippen LogP contribution in [0.25, 0.3) is 16.6 Å². The number of nitrogens with two attached hydrogens (primary N) is 2. The van der Waals surface area contributed by atoms with Crippen LogP contribution >= 0.6 is 0 Å². The third-order valence-corrected chi connectivity index (χ3v) is 4.71. The van der Waals surface area contributed by atoms with E-state index in [1.807, 2.05) is 24.4 Å². The number of nitrogen functional groups attached to an aromatic ring is 1. The second-order valence-corrected chi connectivity index (χ2v) is 6.38. The summed E-state index contributed by atoms with van der Waals surface area (Å²) in [6.07, 6.45) is 3.17. The molecule has 0 saturated carbocycles. The third-order valence-electron chi connectivity index (χ3n) is 4.71. The number of anilines is 1. The number of nitrogens with zero attached hydrogens (tertiary/aromatic N) is 3. The lowest BCUT2D eigenvalue weighted by Gasteiger charge is -2.26. The molecule has 0 atom stereocenters. The van der Waals surface area contributed by atoms with Crippen molar-refractivity contribution in [1.29, 1.82) is 0 Å². The van der Waals surface area contributed by atoms with Crippen molar-refractivity contribution >= 4 is 23.0 Å². The molecule has 0 spiro atoms. The number of carbonyl (C=O) groups is 2. The van der Waals surface area contributed by atoms with E-state index in [-0.39, 0.29) is 11.5 Å². The van der Waals surface area contributed by atoms with E-state index < -0.39 is 5.91 Å². The number of primary amides is 1. The Balaban J connectivity index is 1.63. The minimum atomic E-state index is -0.615. The first-order chi connectivity index (χ1) is 13.0. The maximum absolute atomic E-state index is 12.5. The van der Waals surface area contributed by atoms with Crippen LogP contribution in [-0.4, -0.2) is 52.6 Å². The van der Waals surface area contributed by atoms with Crippen LogP contribution in [0.15, 0.2) is 42.7 Å². The summed E-state index contributed by atoms with van der Waals surface area (Å²) in [6.45, 7) is 2.36. The zero-order valence-electron chi connectivity index (χ0n) is 14.6. The molecule has 3 aromatic rings. The molecule has 8 heteroatoms. The fourth-order valence-corrected chi connectivity index (χ4v) is 3.18. The molecule has 1 aromatic carbocycles. The number of hydrogen-bond donors (Lipinski definition) is 2. The summed E-state index contributed by atoms with van der Waals surface area (Å²) < 4.78 is 6.88. The Morgan fingerprint density at radius 1 is 1.07 bits per heavy atom. The van der Waals surface area contributed by atoms with Gasteiger partial charge in [-0.05, 0) is 23.8 Å². The van der Waals surface area contributed by atoms with E-state index in [9.17, 15) is 9.59 Å². The number of rotatable bonds is 3. The van der Waals surface area contributed by atoms with E-state index >= 15 is 0 Å². The molecule has 8 nitrogen and oxygen atoms in total. The average Bonchev–Trinajstić information content (AvgIpc) is 3.13. The van der Waals surface area contributed by atoms with Crippen molar-refractivity contribution in [3.05, 3.63) is 53.9 Å². The molecule has 4 N–H and O–H groups in total. The SMILES string of the molecule is NC(=O)c1cnn2cc(-c3ccc(C(=O)N4CCOCC4)cc3)cc2c1N. The topological polar surface area (TPSA) is 116 Å². The van der Waals surface area contributed by atoms with Gasteiger partial charge < -0.3 is 21.1 Å². The number of amides is 2. The van der Waals surface area contributed by atoms with E-state index in [4.69, 9.17) is 16.2 Å². The molecule has 4 rings (SSSR count). The summed E-state index contributed by atoms with van der Waals surface area (Å²) >= 11 is 0. The number of aromatic nitrogens is 2. The average molecular weight is 365 g/mol. The van der Waals surface area contributed by atoms with Crippen LogP contribution in [0.2, 0.25) is 0 Å². The minimum Gasteiger partial charge on any atom is -0.396 e. The number of fused-ring (bicyclic) bond motifs is 1. The van der Waals surface area contributed by atoms with Gasteiger partial charge in [-0.3, -0.25) is 9.59 Å². The molecule has 1 saturated heterocycles. The quantitative estimate of drug-likeness (QED) is 0.722. The van der Waals surface area contributed by atoms with Gasteiger partial charge in [0.25, 0.3) is 11.8 Å². The molecule has 2 amide bonds. The molecule has 27 heavy (non-hydrogen) atoms. The highest BCUT2D eigenvalue weighted by Gasteiger charge is 2.18. The first-order valence-electron chi connectivity index (χ1n) is 8.59. The number of carbonyl (C=O) groups excluding carboxylic acids is 2. The number of benzene rings is 1. The zero-order valence-corrected chi connectivity index (χ0v) is 14.6. The Morgan fingerprint density at radius 3 is 2.44 bits per heavy atom. The Labute approximate surface area is 155 Å². The van der Waals surface area contributed by atoms with Crippen LogP contribution in [0, 0.1) is 0 Å². The largest absolute Gasteiger partial charge is 0.396 e. The van der Waals surface area contributed by atoms with Crippen LogP contribution < -0.4 is 11.5 Å². The fourth-order valence-electron chi connectivity index (χ4n) is 3.18. The lowest BCUT2D eigenvalue weighted by Crippen LogP contribution is -2.40. The Bertz CT molecular complexity index is 1020. The molecular formula is C19H19N5O3. The van der Waals surface area contributed by atoms with Gasteiger partial charge in [0.05, 0.1) is 36.2 Å². The van der Waals surface area contributed by atoms with Crippen LogP contribution in [0.5, 0.6) is 0 Å². The summed E-state index contributed by atoms with van der Waals surface area (Å²) in [6, 6.07) is 9.22. The molecule has 138 valence electrons. The van der Waals surface area contributed by atoms with Gasteiger partial charge in [0.15, 0.2) is 0 Å². The van der Waals surface area contributed by atoms with E-state index in [0.29, 0.717) is 43.1 Å². The minimum absolute atomic E-state index is 0.00361. The molecule has 1 fully saturated rings. The molecule has 1 aliphatic heterocycles. The van der Waals surface area contributed by atoms with E-state index in [2.05, 4.69) is 5.10 Å². The van der Waals surface area contributed by atoms with Crippen LogP contribution in [0.1, 0.15) is 20.7 Å². The van der Waals surface area contributed by atoms with Crippen molar-refractivity contribution in [1.82, 2.24) is 14.5 Å². The second-order valence-electron chi connectivity index (χ2n) is 6.38. The van der Waals surface area contributed by atoms with E-state index in [0.717, 1.165) is 11.1 Å². The van der Waals surface area contributed by atoms with Gasteiger partial charge >= 0.3 is 0 Å². The Hall–Kier alpha value is -3.39. The molecule has 0 unspecified atom stereocenters. The molecule has 0 bridgehead atoms. The maximum Gasteiger partial charge on any atom is 0.254 e. The predicted molar refractivity (Wildman–Crippen MR) is 100 cm³/mol. The standard InChI is InChI=1S/C19H19N5O3/c20-17-15(18(21)25)10-22-24-11-14(9-16(17)24)12-1-3-13(4-2-12)19(26)23-5-7-27-8-6-23/h1-4,9-11H,5-8,20H2,(H2,21,25). The summed E-state index contributed by atoms with van der Waals surface area (Å²) in [5, 5.41) is 4.18. The lowest BCUT2D eigenvalue weighted by molar-refractivity contribution is 0.0303. The Kier molecular flexibility index (Phi) is 4.25. The van der Waals surface area contributed by atoms with Crippen molar-refractivity contribution in [2.75, 3.05) is 32.0 Å².